The maximum absolute atomic E-state index is 11.3. The van der Waals surface area contributed by atoms with Crippen LogP contribution in [0, 0.1) is 0 Å². The molecule has 86 valence electrons. The van der Waals surface area contributed by atoms with Gasteiger partial charge in [-0.05, 0) is 12.8 Å². The molecule has 0 aliphatic carbocycles. The molecule has 0 radical (unpaired) electrons. The van der Waals surface area contributed by atoms with Crippen molar-refractivity contribution in [2.75, 3.05) is 20.1 Å². The average molecular weight is 214 g/mol. The van der Waals surface area contributed by atoms with Gasteiger partial charge in [-0.3, -0.25) is 4.79 Å². The number of likely N-dealkylation sites (N-methyl/N-ethyl adjacent to an activating group) is 1. The molecular weight excluding hydrogens is 196 g/mol. The van der Waals surface area contributed by atoms with Gasteiger partial charge in [0.1, 0.15) is 0 Å². The second-order valence-electron chi connectivity index (χ2n) is 3.25. The fourth-order valence-electron chi connectivity index (χ4n) is 1.01. The van der Waals surface area contributed by atoms with E-state index in [2.05, 4.69) is 11.9 Å². The number of nitrogens with zero attached hydrogens (tertiary/aromatic N) is 1. The first kappa shape index (κ1) is 13.5. The Balaban J connectivity index is 3.46. The Morgan fingerprint density at radius 1 is 1.47 bits per heavy atom. The second-order valence-corrected chi connectivity index (χ2v) is 3.25. The van der Waals surface area contributed by atoms with Gasteiger partial charge in [0.2, 0.25) is 0 Å². The Bertz CT molecular complexity index is 229. The van der Waals surface area contributed by atoms with Gasteiger partial charge in [0.25, 0.3) is 0 Å². The molecule has 0 aliphatic rings. The molecule has 5 nitrogen and oxygen atoms in total. The number of carbonyl (C=O) groups is 2. The number of hydrogen-bond acceptors (Lipinski definition) is 2. The minimum absolute atomic E-state index is 0.151. The summed E-state index contributed by atoms with van der Waals surface area (Å²) in [6, 6.07) is -0.162. The third-order valence-corrected chi connectivity index (χ3v) is 1.84. The first-order valence-corrected chi connectivity index (χ1v) is 4.89. The first-order valence-electron chi connectivity index (χ1n) is 4.89. The van der Waals surface area contributed by atoms with Crippen LogP contribution >= 0.6 is 0 Å². The lowest BCUT2D eigenvalue weighted by Crippen LogP contribution is -2.37. The molecule has 0 unspecified atom stereocenters. The molecule has 0 aliphatic heterocycles. The predicted molar refractivity (Wildman–Crippen MR) is 57.7 cm³/mol. The van der Waals surface area contributed by atoms with Gasteiger partial charge in [0, 0.05) is 26.6 Å². The van der Waals surface area contributed by atoms with E-state index in [1.807, 2.05) is 0 Å². The van der Waals surface area contributed by atoms with Crippen LogP contribution in [0.5, 0.6) is 0 Å². The lowest BCUT2D eigenvalue weighted by Gasteiger charge is -2.15. The van der Waals surface area contributed by atoms with E-state index < -0.39 is 5.97 Å². The number of carboxylic acid groups (broad SMARTS) is 1. The molecule has 0 saturated carbocycles. The van der Waals surface area contributed by atoms with Gasteiger partial charge in [-0.2, -0.15) is 0 Å². The zero-order valence-corrected chi connectivity index (χ0v) is 9.03. The maximum atomic E-state index is 11.3. The van der Waals surface area contributed by atoms with Gasteiger partial charge in [0.15, 0.2) is 0 Å². The van der Waals surface area contributed by atoms with Crippen LogP contribution in [0.15, 0.2) is 12.7 Å². The van der Waals surface area contributed by atoms with E-state index in [9.17, 15) is 9.59 Å². The fraction of sp³-hybridized carbons (Fsp3) is 0.600. The summed E-state index contributed by atoms with van der Waals surface area (Å²) in [6.07, 6.45) is 3.06. The lowest BCUT2D eigenvalue weighted by atomic mass is 10.2. The Morgan fingerprint density at radius 2 is 2.13 bits per heavy atom. The zero-order valence-electron chi connectivity index (χ0n) is 9.03. The van der Waals surface area contributed by atoms with E-state index in [1.165, 1.54) is 4.90 Å². The lowest BCUT2D eigenvalue weighted by molar-refractivity contribution is -0.137. The summed E-state index contributed by atoms with van der Waals surface area (Å²) >= 11 is 0. The van der Waals surface area contributed by atoms with E-state index in [1.54, 1.807) is 13.1 Å². The highest BCUT2D eigenvalue weighted by Gasteiger charge is 2.04. The smallest absolute Gasteiger partial charge is 0.317 e. The number of hydrogen-bond donors (Lipinski definition) is 2. The monoisotopic (exact) mass is 214 g/mol. The Labute approximate surface area is 89.8 Å². The maximum Gasteiger partial charge on any atom is 0.317 e. The van der Waals surface area contributed by atoms with Crippen LogP contribution in [0.2, 0.25) is 0 Å². The third-order valence-electron chi connectivity index (χ3n) is 1.84. The number of unbranched alkanes of at least 4 members (excludes halogenated alkanes) is 1. The minimum Gasteiger partial charge on any atom is -0.481 e. The molecule has 15 heavy (non-hydrogen) atoms. The molecule has 0 bridgehead atoms. The molecule has 0 aromatic rings. The summed E-state index contributed by atoms with van der Waals surface area (Å²) in [6.45, 7) is 4.53. The van der Waals surface area contributed by atoms with Crippen LogP contribution < -0.4 is 5.32 Å². The van der Waals surface area contributed by atoms with E-state index >= 15 is 0 Å². The van der Waals surface area contributed by atoms with Crippen LogP contribution in [-0.2, 0) is 4.79 Å². The van der Waals surface area contributed by atoms with E-state index in [0.717, 1.165) is 0 Å². The van der Waals surface area contributed by atoms with Crippen molar-refractivity contribution in [3.8, 4) is 0 Å². The Kier molecular flexibility index (Phi) is 7.05. The van der Waals surface area contributed by atoms with Gasteiger partial charge in [0.05, 0.1) is 0 Å². The van der Waals surface area contributed by atoms with Crippen molar-refractivity contribution in [3.63, 3.8) is 0 Å². The van der Waals surface area contributed by atoms with Crippen LogP contribution in [-0.4, -0.2) is 42.1 Å². The first-order chi connectivity index (χ1) is 7.07. The van der Waals surface area contributed by atoms with Crippen molar-refractivity contribution in [1.82, 2.24) is 10.2 Å². The summed E-state index contributed by atoms with van der Waals surface area (Å²) in [7, 11) is 1.67. The van der Waals surface area contributed by atoms with Gasteiger partial charge < -0.3 is 15.3 Å². The van der Waals surface area contributed by atoms with E-state index in [-0.39, 0.29) is 12.5 Å². The van der Waals surface area contributed by atoms with Crippen molar-refractivity contribution >= 4 is 12.0 Å². The van der Waals surface area contributed by atoms with Gasteiger partial charge >= 0.3 is 12.0 Å². The largest absolute Gasteiger partial charge is 0.481 e. The highest BCUT2D eigenvalue weighted by molar-refractivity contribution is 5.73. The molecule has 0 aromatic carbocycles. The SMILES string of the molecule is C=CCN(C)C(=O)NCCCCC(=O)O. The minimum atomic E-state index is -0.801. The van der Waals surface area contributed by atoms with Crippen LogP contribution in [0.1, 0.15) is 19.3 Å². The number of carbonyl (C=O) groups excluding carboxylic acids is 1. The molecule has 0 heterocycles. The third kappa shape index (κ3) is 7.54. The van der Waals surface area contributed by atoms with Crippen LogP contribution in [0.3, 0.4) is 0 Å². The molecule has 0 saturated heterocycles. The fourth-order valence-corrected chi connectivity index (χ4v) is 1.01. The molecule has 5 heteroatoms. The molecule has 2 amide bonds. The predicted octanol–water partition coefficient (Wildman–Crippen LogP) is 1.07. The van der Waals surface area contributed by atoms with Gasteiger partial charge in [-0.15, -0.1) is 6.58 Å². The molecule has 0 fully saturated rings. The van der Waals surface area contributed by atoms with Gasteiger partial charge in [-0.25, -0.2) is 4.79 Å². The van der Waals surface area contributed by atoms with Crippen molar-refractivity contribution in [3.05, 3.63) is 12.7 Å². The number of aliphatic carboxylic acids is 1. The molecule has 0 rings (SSSR count). The normalized spacial score (nSPS) is 9.40. The van der Waals surface area contributed by atoms with E-state index in [0.29, 0.717) is 25.9 Å². The Hall–Kier alpha value is -1.52. The summed E-state index contributed by atoms with van der Waals surface area (Å²) in [5.74, 6) is -0.801. The van der Waals surface area contributed by atoms with Gasteiger partial charge in [-0.1, -0.05) is 6.08 Å². The summed E-state index contributed by atoms with van der Waals surface area (Å²) in [4.78, 5) is 23.0. The van der Waals surface area contributed by atoms with Crippen molar-refractivity contribution < 1.29 is 14.7 Å². The Morgan fingerprint density at radius 3 is 2.67 bits per heavy atom. The molecule has 2 N–H and O–H groups in total. The topological polar surface area (TPSA) is 69.6 Å². The van der Waals surface area contributed by atoms with Crippen molar-refractivity contribution in [2.45, 2.75) is 19.3 Å². The highest BCUT2D eigenvalue weighted by atomic mass is 16.4. The molecule has 0 spiro atoms. The average Bonchev–Trinajstić information content (AvgIpc) is 2.16. The summed E-state index contributed by atoms with van der Waals surface area (Å²) in [5, 5.41) is 11.1. The molecular formula is C10H18N2O3. The van der Waals surface area contributed by atoms with Crippen molar-refractivity contribution in [2.24, 2.45) is 0 Å². The number of nitrogens with one attached hydrogen (secondary N) is 1. The second kappa shape index (κ2) is 7.84. The van der Waals surface area contributed by atoms with E-state index in [4.69, 9.17) is 5.11 Å². The van der Waals surface area contributed by atoms with Crippen LogP contribution in [0.25, 0.3) is 0 Å². The van der Waals surface area contributed by atoms with Crippen molar-refractivity contribution in [1.29, 1.82) is 0 Å². The summed E-state index contributed by atoms with van der Waals surface area (Å²) in [5.41, 5.74) is 0. The molecule has 0 aromatic heterocycles. The molecule has 0 atom stereocenters. The highest BCUT2D eigenvalue weighted by Crippen LogP contribution is 1.94. The number of carboxylic acids is 1. The van der Waals surface area contributed by atoms with Crippen LogP contribution in [0.4, 0.5) is 4.79 Å². The zero-order chi connectivity index (χ0) is 11.7. The standard InChI is InChI=1S/C10H18N2O3/c1-3-8-12(2)10(15)11-7-5-4-6-9(13)14/h3H,1,4-8H2,2H3,(H,11,15)(H,13,14). The number of rotatable bonds is 7. The number of urea groups is 1. The quantitative estimate of drug-likeness (QED) is 0.492. The number of amides is 2. The summed E-state index contributed by atoms with van der Waals surface area (Å²) < 4.78 is 0.